The number of nitrogens with one attached hydrogen (secondary N) is 1. The van der Waals surface area contributed by atoms with Crippen LogP contribution in [0.15, 0.2) is 59.1 Å². The SMILES string of the molecule is COc1ccc(CNCC2OC(Cc3cc(-c4cccc(O)c4)on3)CCC2O)cc1. The minimum absolute atomic E-state index is 0.0293. The third-order valence-corrected chi connectivity index (χ3v) is 5.54. The summed E-state index contributed by atoms with van der Waals surface area (Å²) in [5.41, 5.74) is 2.72. The summed E-state index contributed by atoms with van der Waals surface area (Å²) < 4.78 is 16.8. The molecular weight excluding hydrogens is 396 g/mol. The molecule has 7 heteroatoms. The monoisotopic (exact) mass is 424 g/mol. The van der Waals surface area contributed by atoms with Crippen LogP contribution in [-0.4, -0.2) is 47.3 Å². The number of rotatable bonds is 8. The summed E-state index contributed by atoms with van der Waals surface area (Å²) in [7, 11) is 1.65. The van der Waals surface area contributed by atoms with E-state index in [0.29, 0.717) is 31.7 Å². The molecule has 2 heterocycles. The topological polar surface area (TPSA) is 97.0 Å². The summed E-state index contributed by atoms with van der Waals surface area (Å²) >= 11 is 0. The summed E-state index contributed by atoms with van der Waals surface area (Å²) in [5.74, 6) is 1.63. The molecule has 1 aromatic heterocycles. The highest BCUT2D eigenvalue weighted by Gasteiger charge is 2.30. The molecule has 1 aliphatic heterocycles. The number of methoxy groups -OCH3 is 1. The molecule has 0 radical (unpaired) electrons. The van der Waals surface area contributed by atoms with E-state index in [1.807, 2.05) is 36.4 Å². The number of aliphatic hydroxyl groups excluding tert-OH is 1. The Balaban J connectivity index is 1.29. The van der Waals surface area contributed by atoms with Crippen molar-refractivity contribution in [2.75, 3.05) is 13.7 Å². The molecule has 0 aliphatic carbocycles. The molecule has 1 aliphatic rings. The smallest absolute Gasteiger partial charge is 0.167 e. The molecule has 0 bridgehead atoms. The maximum absolute atomic E-state index is 10.4. The first-order chi connectivity index (χ1) is 15.1. The van der Waals surface area contributed by atoms with Gasteiger partial charge in [-0.25, -0.2) is 0 Å². The summed E-state index contributed by atoms with van der Waals surface area (Å²) in [6, 6.07) is 16.7. The van der Waals surface area contributed by atoms with Crippen LogP contribution in [0.3, 0.4) is 0 Å². The van der Waals surface area contributed by atoms with Gasteiger partial charge >= 0.3 is 0 Å². The third kappa shape index (κ3) is 5.64. The number of aromatic nitrogens is 1. The molecule has 3 aromatic rings. The lowest BCUT2D eigenvalue weighted by molar-refractivity contribution is -0.115. The molecule has 2 aromatic carbocycles. The predicted octanol–water partition coefficient (Wildman–Crippen LogP) is 3.30. The molecule has 3 unspecified atom stereocenters. The maximum Gasteiger partial charge on any atom is 0.167 e. The molecule has 4 rings (SSSR count). The van der Waals surface area contributed by atoms with Crippen molar-refractivity contribution >= 4 is 0 Å². The lowest BCUT2D eigenvalue weighted by Gasteiger charge is -2.34. The van der Waals surface area contributed by atoms with Gasteiger partial charge in [-0.3, -0.25) is 0 Å². The van der Waals surface area contributed by atoms with Crippen LogP contribution < -0.4 is 10.1 Å². The normalized spacial score (nSPS) is 21.2. The van der Waals surface area contributed by atoms with Crippen LogP contribution in [-0.2, 0) is 17.7 Å². The second-order valence-electron chi connectivity index (χ2n) is 7.86. The zero-order valence-corrected chi connectivity index (χ0v) is 17.5. The maximum atomic E-state index is 10.4. The molecular formula is C24H28N2O5. The number of benzene rings is 2. The molecule has 0 amide bonds. The Hall–Kier alpha value is -2.87. The molecule has 7 nitrogen and oxygen atoms in total. The van der Waals surface area contributed by atoms with E-state index >= 15 is 0 Å². The van der Waals surface area contributed by atoms with Gasteiger partial charge in [0.15, 0.2) is 5.76 Å². The highest BCUT2D eigenvalue weighted by Crippen LogP contribution is 2.26. The fraction of sp³-hybridized carbons (Fsp3) is 0.375. The van der Waals surface area contributed by atoms with E-state index in [1.54, 1.807) is 25.3 Å². The van der Waals surface area contributed by atoms with Crippen LogP contribution in [0.4, 0.5) is 0 Å². The van der Waals surface area contributed by atoms with Crippen molar-refractivity contribution in [2.45, 2.75) is 44.1 Å². The second kappa shape index (κ2) is 9.96. The Kier molecular flexibility index (Phi) is 6.86. The Morgan fingerprint density at radius 3 is 2.74 bits per heavy atom. The highest BCUT2D eigenvalue weighted by atomic mass is 16.5. The fourth-order valence-electron chi connectivity index (χ4n) is 3.82. The quantitative estimate of drug-likeness (QED) is 0.510. The van der Waals surface area contributed by atoms with Crippen LogP contribution in [0.5, 0.6) is 11.5 Å². The van der Waals surface area contributed by atoms with Crippen LogP contribution in [0.1, 0.15) is 24.1 Å². The van der Waals surface area contributed by atoms with Crippen LogP contribution in [0.2, 0.25) is 0 Å². The second-order valence-corrected chi connectivity index (χ2v) is 7.86. The first kappa shape index (κ1) is 21.4. The van der Waals surface area contributed by atoms with Gasteiger partial charge in [-0.1, -0.05) is 29.4 Å². The average Bonchev–Trinajstić information content (AvgIpc) is 3.25. The highest BCUT2D eigenvalue weighted by molar-refractivity contribution is 5.59. The predicted molar refractivity (Wildman–Crippen MR) is 116 cm³/mol. The van der Waals surface area contributed by atoms with Gasteiger partial charge in [-0.2, -0.15) is 0 Å². The van der Waals surface area contributed by atoms with Gasteiger partial charge < -0.3 is 29.5 Å². The van der Waals surface area contributed by atoms with E-state index in [9.17, 15) is 10.2 Å². The van der Waals surface area contributed by atoms with Gasteiger partial charge in [0.05, 0.1) is 31.1 Å². The van der Waals surface area contributed by atoms with Crippen LogP contribution in [0.25, 0.3) is 11.3 Å². The minimum Gasteiger partial charge on any atom is -0.508 e. The summed E-state index contributed by atoms with van der Waals surface area (Å²) in [6.45, 7) is 1.26. The molecule has 164 valence electrons. The minimum atomic E-state index is -0.486. The van der Waals surface area contributed by atoms with E-state index in [-0.39, 0.29) is 18.0 Å². The molecule has 3 N–H and O–H groups in total. The Labute approximate surface area is 181 Å². The first-order valence-electron chi connectivity index (χ1n) is 10.5. The molecule has 3 atom stereocenters. The summed E-state index contributed by atoms with van der Waals surface area (Å²) in [6.07, 6.45) is 1.29. The van der Waals surface area contributed by atoms with Gasteiger partial charge in [0.25, 0.3) is 0 Å². The van der Waals surface area contributed by atoms with Crippen molar-refractivity contribution in [1.29, 1.82) is 0 Å². The van der Waals surface area contributed by atoms with Crippen molar-refractivity contribution in [1.82, 2.24) is 10.5 Å². The largest absolute Gasteiger partial charge is 0.508 e. The molecule has 0 spiro atoms. The zero-order chi connectivity index (χ0) is 21.6. The molecule has 1 saturated heterocycles. The van der Waals surface area contributed by atoms with Crippen LogP contribution in [0, 0.1) is 0 Å². The van der Waals surface area contributed by atoms with Crippen molar-refractivity contribution < 1.29 is 24.2 Å². The number of aromatic hydroxyl groups is 1. The van der Waals surface area contributed by atoms with Gasteiger partial charge in [-0.15, -0.1) is 0 Å². The number of aliphatic hydroxyl groups is 1. The Morgan fingerprint density at radius 2 is 1.97 bits per heavy atom. The van der Waals surface area contributed by atoms with E-state index in [1.165, 1.54) is 0 Å². The van der Waals surface area contributed by atoms with Gasteiger partial charge in [-0.05, 0) is 42.7 Å². The van der Waals surface area contributed by atoms with Crippen molar-refractivity contribution in [3.63, 3.8) is 0 Å². The lowest BCUT2D eigenvalue weighted by Crippen LogP contribution is -2.45. The number of hydrogen-bond acceptors (Lipinski definition) is 7. The van der Waals surface area contributed by atoms with E-state index < -0.39 is 6.10 Å². The van der Waals surface area contributed by atoms with Gasteiger partial charge in [0, 0.05) is 31.1 Å². The molecule has 0 saturated carbocycles. The lowest BCUT2D eigenvalue weighted by atomic mass is 9.98. The molecule has 31 heavy (non-hydrogen) atoms. The van der Waals surface area contributed by atoms with Crippen LogP contribution >= 0.6 is 0 Å². The summed E-state index contributed by atoms with van der Waals surface area (Å²) in [4.78, 5) is 0. The number of hydrogen-bond donors (Lipinski definition) is 3. The van der Waals surface area contributed by atoms with Gasteiger partial charge in [0.1, 0.15) is 11.5 Å². The first-order valence-corrected chi connectivity index (χ1v) is 10.5. The number of nitrogens with zero attached hydrogens (tertiary/aromatic N) is 1. The fourth-order valence-corrected chi connectivity index (χ4v) is 3.82. The Bertz CT molecular complexity index is 972. The standard InChI is InChI=1S/C24H28N2O5/c1-29-20-7-5-16(6-8-20)14-25-15-24-22(28)10-9-21(30-24)12-18-13-23(31-26-18)17-3-2-4-19(27)11-17/h2-8,11,13,21-22,24-25,27-28H,9-10,12,14-15H2,1H3. The molecule has 1 fully saturated rings. The van der Waals surface area contributed by atoms with E-state index in [4.69, 9.17) is 14.0 Å². The Morgan fingerprint density at radius 1 is 1.13 bits per heavy atom. The zero-order valence-electron chi connectivity index (χ0n) is 17.5. The van der Waals surface area contributed by atoms with Crippen molar-refractivity contribution in [3.8, 4) is 22.8 Å². The van der Waals surface area contributed by atoms with Crippen molar-refractivity contribution in [3.05, 3.63) is 65.9 Å². The van der Waals surface area contributed by atoms with Crippen molar-refractivity contribution in [2.24, 2.45) is 0 Å². The number of phenolic OH excluding ortho intramolecular Hbond substituents is 1. The van der Waals surface area contributed by atoms with E-state index in [2.05, 4.69) is 10.5 Å². The average molecular weight is 424 g/mol. The van der Waals surface area contributed by atoms with Gasteiger partial charge in [0.2, 0.25) is 0 Å². The number of ether oxygens (including phenoxy) is 2. The van der Waals surface area contributed by atoms with E-state index in [0.717, 1.165) is 29.0 Å². The number of phenols is 1. The third-order valence-electron chi connectivity index (χ3n) is 5.54. The summed E-state index contributed by atoms with van der Waals surface area (Å²) in [5, 5.41) is 27.5.